The van der Waals surface area contributed by atoms with Crippen LogP contribution in [0.2, 0.25) is 0 Å². The molecule has 0 spiro atoms. The lowest BCUT2D eigenvalue weighted by Gasteiger charge is -2.69. The Bertz CT molecular complexity index is 1260. The molecular weight excluding hydrogens is 386 g/mol. The molecule has 1 aliphatic heterocycles. The fraction of sp³-hybridized carbons (Fsp3) is 0.360. The van der Waals surface area contributed by atoms with Gasteiger partial charge in [0.25, 0.3) is 0 Å². The van der Waals surface area contributed by atoms with Crippen LogP contribution in [0.1, 0.15) is 48.4 Å². The summed E-state index contributed by atoms with van der Waals surface area (Å²) in [6.45, 7) is 2.90. The highest BCUT2D eigenvalue weighted by Crippen LogP contribution is 2.74. The van der Waals surface area contributed by atoms with E-state index in [9.17, 15) is 4.79 Å². The maximum absolute atomic E-state index is 13.4. The number of aryl methyl sites for hydroxylation is 1. The summed E-state index contributed by atoms with van der Waals surface area (Å²) in [4.78, 5) is 13.4. The molecule has 3 fully saturated rings. The number of hydrogen-bond acceptors (Lipinski definition) is 4. The molecule has 0 radical (unpaired) electrons. The zero-order valence-electron chi connectivity index (χ0n) is 17.5. The Morgan fingerprint density at radius 1 is 1.19 bits per heavy atom. The third-order valence-electron chi connectivity index (χ3n) is 7.35. The van der Waals surface area contributed by atoms with Gasteiger partial charge in [-0.3, -0.25) is 9.48 Å². The van der Waals surface area contributed by atoms with Crippen molar-refractivity contribution in [3.63, 3.8) is 0 Å². The molecule has 3 aliphatic carbocycles. The summed E-state index contributed by atoms with van der Waals surface area (Å²) in [7, 11) is 0. The van der Waals surface area contributed by atoms with Crippen LogP contribution in [0, 0.1) is 29.1 Å². The summed E-state index contributed by atoms with van der Waals surface area (Å²) in [5, 5.41) is 20.8. The average molecular weight is 409 g/mol. The summed E-state index contributed by atoms with van der Waals surface area (Å²) in [6, 6.07) is 16.3. The zero-order chi connectivity index (χ0) is 21.2. The third kappa shape index (κ3) is 2.66. The predicted molar refractivity (Wildman–Crippen MR) is 117 cm³/mol. The van der Waals surface area contributed by atoms with E-state index in [4.69, 9.17) is 5.26 Å². The molecule has 2 heterocycles. The van der Waals surface area contributed by atoms with Crippen molar-refractivity contribution in [1.29, 1.82) is 5.26 Å². The van der Waals surface area contributed by atoms with Gasteiger partial charge in [-0.1, -0.05) is 29.8 Å². The van der Waals surface area contributed by atoms with Crippen molar-refractivity contribution < 1.29 is 4.79 Å². The van der Waals surface area contributed by atoms with Crippen molar-refractivity contribution >= 4 is 23.0 Å². The van der Waals surface area contributed by atoms with Gasteiger partial charge < -0.3 is 0 Å². The van der Waals surface area contributed by atoms with Crippen molar-refractivity contribution in [2.24, 2.45) is 15.9 Å². The lowest BCUT2D eigenvalue weighted by molar-refractivity contribution is -0.223. The van der Waals surface area contributed by atoms with E-state index in [0.29, 0.717) is 5.56 Å². The van der Waals surface area contributed by atoms with E-state index in [1.807, 2.05) is 35.3 Å². The maximum atomic E-state index is 13.4. The van der Waals surface area contributed by atoms with Gasteiger partial charge in [-0.2, -0.15) is 15.5 Å². The SMILES string of the molecule is Cc1ccc(C2CC=NN2C(=O)C23CC(Cn4ncc5cc(C#N)ccc54)(C2)C3)cc1. The second-order valence-corrected chi connectivity index (χ2v) is 9.61. The fourth-order valence-electron chi connectivity index (χ4n) is 5.91. The molecular formula is C25H23N5O. The minimum atomic E-state index is -0.248. The van der Waals surface area contributed by atoms with Gasteiger partial charge in [0.2, 0.25) is 5.91 Å². The first kappa shape index (κ1) is 18.3. The number of rotatable bonds is 4. The van der Waals surface area contributed by atoms with E-state index in [0.717, 1.165) is 48.7 Å². The van der Waals surface area contributed by atoms with E-state index in [-0.39, 0.29) is 22.8 Å². The molecule has 6 heteroatoms. The Morgan fingerprint density at radius 2 is 1.97 bits per heavy atom. The topological polar surface area (TPSA) is 74.3 Å². The lowest BCUT2D eigenvalue weighted by atomic mass is 9.34. The lowest BCUT2D eigenvalue weighted by Crippen LogP contribution is -2.68. The van der Waals surface area contributed by atoms with Crippen LogP contribution in [0.3, 0.4) is 0 Å². The Hall–Kier alpha value is -3.46. The Morgan fingerprint density at radius 3 is 2.71 bits per heavy atom. The van der Waals surface area contributed by atoms with Crippen molar-refractivity contribution in [2.75, 3.05) is 0 Å². The van der Waals surface area contributed by atoms with E-state index in [1.54, 1.807) is 5.01 Å². The highest BCUT2D eigenvalue weighted by atomic mass is 16.2. The largest absolute Gasteiger partial charge is 0.272 e. The third-order valence-corrected chi connectivity index (χ3v) is 7.35. The zero-order valence-corrected chi connectivity index (χ0v) is 17.5. The fourth-order valence-corrected chi connectivity index (χ4v) is 5.91. The maximum Gasteiger partial charge on any atom is 0.249 e. The first-order valence-corrected chi connectivity index (χ1v) is 10.8. The van der Waals surface area contributed by atoms with Crippen molar-refractivity contribution in [3.8, 4) is 6.07 Å². The van der Waals surface area contributed by atoms with E-state index < -0.39 is 0 Å². The summed E-state index contributed by atoms with van der Waals surface area (Å²) in [6.07, 6.45) is 7.19. The number of fused-ring (bicyclic) bond motifs is 1. The standard InChI is InChI=1S/C25H23N5O/c1-17-2-5-19(6-3-17)22-8-9-27-30(22)23(31)25-13-24(14-25,15-25)16-29-21-7-4-18(11-26)10-20(21)12-28-29/h2-7,9-10,12,22H,8,13-16H2,1H3. The van der Waals surface area contributed by atoms with E-state index in [1.165, 1.54) is 5.56 Å². The van der Waals surface area contributed by atoms with Crippen LogP contribution in [-0.4, -0.2) is 26.9 Å². The number of carbonyl (C=O) groups excluding carboxylic acids is 1. The first-order chi connectivity index (χ1) is 15.0. The molecule has 0 saturated heterocycles. The van der Waals surface area contributed by atoms with Crippen LogP contribution in [0.5, 0.6) is 0 Å². The number of benzene rings is 2. The Labute approximate surface area is 180 Å². The number of aromatic nitrogens is 2. The second kappa shape index (κ2) is 6.27. The predicted octanol–water partition coefficient (Wildman–Crippen LogP) is 4.35. The van der Waals surface area contributed by atoms with Crippen molar-refractivity contribution in [3.05, 3.63) is 65.4 Å². The number of hydrogen-bond donors (Lipinski definition) is 0. The van der Waals surface area contributed by atoms with Gasteiger partial charge in [0.1, 0.15) is 0 Å². The smallest absolute Gasteiger partial charge is 0.249 e. The Balaban J connectivity index is 1.16. The van der Waals surface area contributed by atoms with Crippen molar-refractivity contribution in [1.82, 2.24) is 14.8 Å². The molecule has 1 aromatic heterocycles. The normalized spacial score (nSPS) is 28.3. The number of amides is 1. The molecule has 1 atom stereocenters. The van der Waals surface area contributed by atoms with Crippen LogP contribution in [-0.2, 0) is 11.3 Å². The quantitative estimate of drug-likeness (QED) is 0.643. The number of nitriles is 1. The van der Waals surface area contributed by atoms with Crippen LogP contribution < -0.4 is 0 Å². The summed E-state index contributed by atoms with van der Waals surface area (Å²) in [5.41, 5.74) is 3.98. The average Bonchev–Trinajstić information content (AvgIpc) is 3.36. The van der Waals surface area contributed by atoms with Crippen LogP contribution in [0.15, 0.2) is 53.8 Å². The van der Waals surface area contributed by atoms with Gasteiger partial charge in [0.05, 0.1) is 34.8 Å². The minimum absolute atomic E-state index is 0.0162. The van der Waals surface area contributed by atoms with E-state index in [2.05, 4.69) is 47.5 Å². The van der Waals surface area contributed by atoms with Gasteiger partial charge in [-0.05, 0) is 55.4 Å². The monoisotopic (exact) mass is 409 g/mol. The summed E-state index contributed by atoms with van der Waals surface area (Å²) < 4.78 is 2.03. The highest BCUT2D eigenvalue weighted by molar-refractivity contribution is 5.88. The summed E-state index contributed by atoms with van der Waals surface area (Å²) >= 11 is 0. The molecule has 4 aliphatic rings. The number of hydrazone groups is 1. The molecule has 3 saturated carbocycles. The molecule has 31 heavy (non-hydrogen) atoms. The Kier molecular flexibility index (Phi) is 3.71. The first-order valence-electron chi connectivity index (χ1n) is 10.8. The van der Waals surface area contributed by atoms with Crippen molar-refractivity contribution in [2.45, 2.75) is 45.2 Å². The highest BCUT2D eigenvalue weighted by Gasteiger charge is 2.72. The molecule has 2 bridgehead atoms. The molecule has 154 valence electrons. The number of carbonyl (C=O) groups is 1. The summed E-state index contributed by atoms with van der Waals surface area (Å²) in [5.74, 6) is 0.178. The molecule has 6 nitrogen and oxygen atoms in total. The van der Waals surface area contributed by atoms with Crippen LogP contribution in [0.25, 0.3) is 10.9 Å². The molecule has 2 aromatic carbocycles. The molecule has 7 rings (SSSR count). The van der Waals surface area contributed by atoms with Gasteiger partial charge in [-0.25, -0.2) is 5.01 Å². The van der Waals surface area contributed by atoms with Gasteiger partial charge >= 0.3 is 0 Å². The van der Waals surface area contributed by atoms with E-state index >= 15 is 0 Å². The molecule has 3 aromatic rings. The van der Waals surface area contributed by atoms with Crippen LogP contribution >= 0.6 is 0 Å². The van der Waals surface area contributed by atoms with Crippen LogP contribution in [0.4, 0.5) is 0 Å². The van der Waals surface area contributed by atoms with Gasteiger partial charge in [0.15, 0.2) is 0 Å². The van der Waals surface area contributed by atoms with Gasteiger partial charge in [0, 0.05) is 24.6 Å². The molecule has 0 N–H and O–H groups in total. The number of nitrogens with zero attached hydrogens (tertiary/aromatic N) is 5. The minimum Gasteiger partial charge on any atom is -0.272 e. The van der Waals surface area contributed by atoms with Gasteiger partial charge in [-0.15, -0.1) is 0 Å². The molecule has 1 unspecified atom stereocenters. The molecule has 1 amide bonds. The second-order valence-electron chi connectivity index (χ2n) is 9.61.